The van der Waals surface area contributed by atoms with Gasteiger partial charge in [-0.3, -0.25) is 0 Å². The number of benzene rings is 1. The van der Waals surface area contributed by atoms with Gasteiger partial charge in [-0.05, 0) is 37.4 Å². The molecule has 2 atom stereocenters. The maximum atomic E-state index is 5.91. The first-order chi connectivity index (χ1) is 9.31. The molecule has 0 radical (unpaired) electrons. The van der Waals surface area contributed by atoms with Gasteiger partial charge in [0, 0.05) is 12.0 Å². The van der Waals surface area contributed by atoms with E-state index in [-0.39, 0.29) is 0 Å². The van der Waals surface area contributed by atoms with Gasteiger partial charge in [0.1, 0.15) is 11.6 Å². The number of rotatable bonds is 3. The predicted molar refractivity (Wildman–Crippen MR) is 76.4 cm³/mol. The third-order valence-corrected chi connectivity index (χ3v) is 4.27. The summed E-state index contributed by atoms with van der Waals surface area (Å²) in [5.41, 5.74) is 7.97. The molecular formula is C15H21N3O. The molecule has 102 valence electrons. The number of nitrogens with two attached hydrogens (primary N) is 1. The molecule has 0 bridgehead atoms. The molecule has 1 aliphatic carbocycles. The Hall–Kier alpha value is -1.55. The molecule has 1 saturated carbocycles. The number of imidazole rings is 1. The first-order valence-corrected chi connectivity index (χ1v) is 7.05. The Kier molecular flexibility index (Phi) is 3.42. The van der Waals surface area contributed by atoms with Crippen LogP contribution in [0.4, 0.5) is 0 Å². The summed E-state index contributed by atoms with van der Waals surface area (Å²) < 4.78 is 5.25. The van der Waals surface area contributed by atoms with E-state index in [0.29, 0.717) is 11.8 Å². The Bertz CT molecular complexity index is 564. The lowest BCUT2D eigenvalue weighted by Crippen LogP contribution is -2.25. The topological polar surface area (TPSA) is 63.9 Å². The Morgan fingerprint density at radius 1 is 1.37 bits per heavy atom. The van der Waals surface area contributed by atoms with E-state index in [1.54, 1.807) is 7.11 Å². The van der Waals surface area contributed by atoms with E-state index in [4.69, 9.17) is 15.5 Å². The molecule has 1 fully saturated rings. The second kappa shape index (κ2) is 5.21. The summed E-state index contributed by atoms with van der Waals surface area (Å²) in [5, 5.41) is 0. The van der Waals surface area contributed by atoms with Crippen LogP contribution in [0, 0.1) is 5.92 Å². The molecule has 1 aliphatic rings. The zero-order valence-corrected chi connectivity index (χ0v) is 11.4. The summed E-state index contributed by atoms with van der Waals surface area (Å²) in [6, 6.07) is 5.97. The van der Waals surface area contributed by atoms with Crippen molar-refractivity contribution in [3.05, 3.63) is 24.0 Å². The molecular weight excluding hydrogens is 238 g/mol. The number of nitrogens with one attached hydrogen (secondary N) is 1. The fourth-order valence-electron chi connectivity index (χ4n) is 3.16. The van der Waals surface area contributed by atoms with Gasteiger partial charge >= 0.3 is 0 Å². The van der Waals surface area contributed by atoms with E-state index in [1.807, 2.05) is 18.2 Å². The van der Waals surface area contributed by atoms with E-state index in [1.165, 1.54) is 25.7 Å². The number of hydrogen-bond donors (Lipinski definition) is 2. The molecule has 4 heteroatoms. The molecule has 19 heavy (non-hydrogen) atoms. The van der Waals surface area contributed by atoms with Crippen molar-refractivity contribution in [3.8, 4) is 5.75 Å². The number of fused-ring (bicyclic) bond motifs is 1. The van der Waals surface area contributed by atoms with Crippen LogP contribution in [0.15, 0.2) is 18.2 Å². The van der Waals surface area contributed by atoms with Crippen molar-refractivity contribution in [1.82, 2.24) is 9.97 Å². The highest BCUT2D eigenvalue weighted by Gasteiger charge is 2.27. The lowest BCUT2D eigenvalue weighted by Gasteiger charge is -2.28. The summed E-state index contributed by atoms with van der Waals surface area (Å²) in [7, 11) is 1.68. The van der Waals surface area contributed by atoms with Crippen molar-refractivity contribution in [2.45, 2.75) is 31.6 Å². The fourth-order valence-corrected chi connectivity index (χ4v) is 3.16. The largest absolute Gasteiger partial charge is 0.497 e. The number of aromatic amines is 1. The quantitative estimate of drug-likeness (QED) is 0.891. The van der Waals surface area contributed by atoms with Gasteiger partial charge in [0.05, 0.1) is 18.1 Å². The molecule has 3 rings (SSSR count). The van der Waals surface area contributed by atoms with Gasteiger partial charge in [-0.15, -0.1) is 0 Å². The normalized spacial score (nSPS) is 23.7. The molecule has 0 aliphatic heterocycles. The number of ether oxygens (including phenoxy) is 1. The van der Waals surface area contributed by atoms with Crippen LogP contribution >= 0.6 is 0 Å². The highest BCUT2D eigenvalue weighted by Crippen LogP contribution is 2.36. The first kappa shape index (κ1) is 12.5. The smallest absolute Gasteiger partial charge is 0.121 e. The standard InChI is InChI=1S/C15H21N3O/c1-19-11-6-7-13-14(8-11)18-15(17-13)12-5-3-2-4-10(12)9-16/h6-8,10,12H,2-5,9,16H2,1H3,(H,17,18). The molecule has 4 nitrogen and oxygen atoms in total. The first-order valence-electron chi connectivity index (χ1n) is 7.05. The number of H-pyrrole nitrogens is 1. The minimum Gasteiger partial charge on any atom is -0.497 e. The summed E-state index contributed by atoms with van der Waals surface area (Å²) in [6.45, 7) is 0.755. The van der Waals surface area contributed by atoms with Crippen molar-refractivity contribution in [3.63, 3.8) is 0 Å². The Morgan fingerprint density at radius 2 is 2.21 bits per heavy atom. The molecule has 2 aromatic rings. The maximum absolute atomic E-state index is 5.91. The second-order valence-electron chi connectivity index (χ2n) is 5.39. The van der Waals surface area contributed by atoms with Gasteiger partial charge in [-0.25, -0.2) is 4.98 Å². The van der Waals surface area contributed by atoms with Gasteiger partial charge in [-0.2, -0.15) is 0 Å². The molecule has 2 unspecified atom stereocenters. The second-order valence-corrected chi connectivity index (χ2v) is 5.39. The SMILES string of the molecule is COc1ccc2nc(C3CCCCC3CN)[nH]c2c1. The lowest BCUT2D eigenvalue weighted by molar-refractivity contribution is 0.306. The average molecular weight is 259 g/mol. The van der Waals surface area contributed by atoms with Crippen molar-refractivity contribution < 1.29 is 4.74 Å². The van der Waals surface area contributed by atoms with Crippen LogP contribution in [0.2, 0.25) is 0 Å². The molecule has 3 N–H and O–H groups in total. The molecule has 1 aromatic carbocycles. The maximum Gasteiger partial charge on any atom is 0.121 e. The van der Waals surface area contributed by atoms with Gasteiger partial charge in [0.2, 0.25) is 0 Å². The molecule has 0 spiro atoms. The zero-order valence-electron chi connectivity index (χ0n) is 11.4. The minimum absolute atomic E-state index is 0.483. The van der Waals surface area contributed by atoms with Crippen LogP contribution in [0.3, 0.4) is 0 Å². The lowest BCUT2D eigenvalue weighted by atomic mass is 9.79. The van der Waals surface area contributed by atoms with Crippen molar-refractivity contribution in [1.29, 1.82) is 0 Å². The van der Waals surface area contributed by atoms with E-state index < -0.39 is 0 Å². The van der Waals surface area contributed by atoms with Crippen molar-refractivity contribution in [2.24, 2.45) is 11.7 Å². The average Bonchev–Trinajstić information content (AvgIpc) is 2.89. The van der Waals surface area contributed by atoms with E-state index in [9.17, 15) is 0 Å². The van der Waals surface area contributed by atoms with E-state index in [2.05, 4.69) is 4.98 Å². The van der Waals surface area contributed by atoms with Crippen molar-refractivity contribution >= 4 is 11.0 Å². The third-order valence-electron chi connectivity index (χ3n) is 4.27. The van der Waals surface area contributed by atoms with E-state index in [0.717, 1.165) is 29.2 Å². The Morgan fingerprint density at radius 3 is 3.00 bits per heavy atom. The number of hydrogen-bond acceptors (Lipinski definition) is 3. The van der Waals surface area contributed by atoms with Crippen LogP contribution in [0.5, 0.6) is 5.75 Å². The molecule has 0 saturated heterocycles. The summed E-state index contributed by atoms with van der Waals surface area (Å²) in [5.74, 6) is 3.01. The third kappa shape index (κ3) is 2.32. The number of methoxy groups -OCH3 is 1. The van der Waals surface area contributed by atoms with Crippen molar-refractivity contribution in [2.75, 3.05) is 13.7 Å². The predicted octanol–water partition coefficient (Wildman–Crippen LogP) is 2.80. The van der Waals surface area contributed by atoms with Gasteiger partial charge in [0.15, 0.2) is 0 Å². The summed E-state index contributed by atoms with van der Waals surface area (Å²) in [6.07, 6.45) is 4.99. The highest BCUT2D eigenvalue weighted by atomic mass is 16.5. The van der Waals surface area contributed by atoms with Crippen LogP contribution in [0.25, 0.3) is 11.0 Å². The van der Waals surface area contributed by atoms with Gasteiger partial charge in [0.25, 0.3) is 0 Å². The van der Waals surface area contributed by atoms with Crippen LogP contribution < -0.4 is 10.5 Å². The van der Waals surface area contributed by atoms with Crippen LogP contribution in [0.1, 0.15) is 37.4 Å². The van der Waals surface area contributed by atoms with Crippen LogP contribution in [-0.4, -0.2) is 23.6 Å². The highest BCUT2D eigenvalue weighted by molar-refractivity contribution is 5.76. The van der Waals surface area contributed by atoms with Crippen LogP contribution in [-0.2, 0) is 0 Å². The van der Waals surface area contributed by atoms with Gasteiger partial charge in [-0.1, -0.05) is 12.8 Å². The fraction of sp³-hybridized carbons (Fsp3) is 0.533. The molecule has 0 amide bonds. The number of nitrogens with zero attached hydrogens (tertiary/aromatic N) is 1. The van der Waals surface area contributed by atoms with Gasteiger partial charge < -0.3 is 15.5 Å². The summed E-state index contributed by atoms with van der Waals surface area (Å²) >= 11 is 0. The Balaban J connectivity index is 1.95. The monoisotopic (exact) mass is 259 g/mol. The zero-order chi connectivity index (χ0) is 13.2. The summed E-state index contributed by atoms with van der Waals surface area (Å²) in [4.78, 5) is 8.20. The molecule has 1 aromatic heterocycles. The molecule has 1 heterocycles. The number of aromatic nitrogens is 2. The minimum atomic E-state index is 0.483. The Labute approximate surface area is 113 Å². The van der Waals surface area contributed by atoms with E-state index >= 15 is 0 Å².